The van der Waals surface area contributed by atoms with Gasteiger partial charge in [-0.05, 0) is 41.8 Å². The Morgan fingerprint density at radius 1 is 0.880 bits per heavy atom. The van der Waals surface area contributed by atoms with Crippen LogP contribution in [0.1, 0.15) is 31.4 Å². The van der Waals surface area contributed by atoms with Crippen LogP contribution in [0, 0.1) is 0 Å². The average Bonchev–Trinajstić information content (AvgIpc) is 2.60. The van der Waals surface area contributed by atoms with Crippen LogP contribution in [0.2, 0.25) is 0 Å². The molecule has 132 valence electrons. The largest absolute Gasteiger partial charge is 0.385 e. The van der Waals surface area contributed by atoms with Gasteiger partial charge in [0.1, 0.15) is 0 Å². The molecule has 0 aliphatic carbocycles. The van der Waals surface area contributed by atoms with Gasteiger partial charge in [0, 0.05) is 31.4 Å². The fourth-order valence-corrected chi connectivity index (χ4v) is 2.37. The lowest BCUT2D eigenvalue weighted by Crippen LogP contribution is -2.24. The number of amides is 2. The molecule has 5 nitrogen and oxygen atoms in total. The maximum atomic E-state index is 12.1. The molecule has 0 aliphatic heterocycles. The molecule has 3 N–H and O–H groups in total. The van der Waals surface area contributed by atoms with E-state index >= 15 is 0 Å². The van der Waals surface area contributed by atoms with Gasteiger partial charge in [-0.25, -0.2) is 0 Å². The first-order valence-corrected chi connectivity index (χ1v) is 8.53. The van der Waals surface area contributed by atoms with Gasteiger partial charge in [0.15, 0.2) is 0 Å². The van der Waals surface area contributed by atoms with Gasteiger partial charge in [-0.1, -0.05) is 31.2 Å². The molecule has 0 heterocycles. The molecule has 0 spiro atoms. The number of carbonyl (C=O) groups is 2. The Hall–Kier alpha value is -2.82. The summed E-state index contributed by atoms with van der Waals surface area (Å²) in [6.45, 7) is 5.06. The van der Waals surface area contributed by atoms with Gasteiger partial charge >= 0.3 is 0 Å². The van der Waals surface area contributed by atoms with E-state index in [1.165, 1.54) is 6.92 Å². The molecule has 5 heteroatoms. The second-order valence-electron chi connectivity index (χ2n) is 5.96. The van der Waals surface area contributed by atoms with Crippen molar-refractivity contribution in [2.45, 2.75) is 33.2 Å². The lowest BCUT2D eigenvalue weighted by atomic mass is 10.1. The Labute approximate surface area is 148 Å². The predicted molar refractivity (Wildman–Crippen MR) is 102 cm³/mol. The molecule has 25 heavy (non-hydrogen) atoms. The summed E-state index contributed by atoms with van der Waals surface area (Å²) in [6, 6.07) is 15.4. The molecular weight excluding hydrogens is 314 g/mol. The van der Waals surface area contributed by atoms with Gasteiger partial charge in [0.2, 0.25) is 11.8 Å². The Balaban J connectivity index is 1.79. The van der Waals surface area contributed by atoms with Gasteiger partial charge < -0.3 is 16.0 Å². The number of anilines is 2. The monoisotopic (exact) mass is 339 g/mol. The molecule has 0 saturated carbocycles. The minimum absolute atomic E-state index is 0.0274. The molecule has 2 rings (SSSR count). The van der Waals surface area contributed by atoms with Gasteiger partial charge in [0.05, 0.1) is 6.42 Å². The molecule has 2 amide bonds. The molecular formula is C20H25N3O2. The van der Waals surface area contributed by atoms with Crippen molar-refractivity contribution >= 4 is 23.2 Å². The molecule has 0 aliphatic rings. The van der Waals surface area contributed by atoms with E-state index in [0.29, 0.717) is 13.0 Å². The number of hydrogen-bond acceptors (Lipinski definition) is 3. The number of hydrogen-bond donors (Lipinski definition) is 3. The second-order valence-corrected chi connectivity index (χ2v) is 5.96. The van der Waals surface area contributed by atoms with Gasteiger partial charge in [0.25, 0.3) is 0 Å². The summed E-state index contributed by atoms with van der Waals surface area (Å²) in [5, 5.41) is 8.95. The van der Waals surface area contributed by atoms with Crippen molar-refractivity contribution in [3.05, 3.63) is 59.7 Å². The third-order valence-electron chi connectivity index (χ3n) is 3.66. The number of nitrogens with one attached hydrogen (secondary N) is 3. The highest BCUT2D eigenvalue weighted by atomic mass is 16.2. The summed E-state index contributed by atoms with van der Waals surface area (Å²) in [5.74, 6) is -0.137. The third kappa shape index (κ3) is 6.67. The summed E-state index contributed by atoms with van der Waals surface area (Å²) >= 11 is 0. The van der Waals surface area contributed by atoms with E-state index in [9.17, 15) is 9.59 Å². The zero-order chi connectivity index (χ0) is 18.1. The van der Waals surface area contributed by atoms with Crippen LogP contribution in [0.25, 0.3) is 0 Å². The minimum atomic E-state index is -0.110. The third-order valence-corrected chi connectivity index (χ3v) is 3.66. The van der Waals surface area contributed by atoms with E-state index in [1.807, 2.05) is 36.4 Å². The first kappa shape index (κ1) is 18.5. The first-order chi connectivity index (χ1) is 12.1. The molecule has 0 aromatic heterocycles. The normalized spacial score (nSPS) is 10.2. The highest BCUT2D eigenvalue weighted by Crippen LogP contribution is 2.11. The lowest BCUT2D eigenvalue weighted by molar-refractivity contribution is -0.120. The SMILES string of the molecule is CCCNc1ccc(CNC(=O)Cc2ccc(NC(C)=O)cc2)cc1. The fraction of sp³-hybridized carbons (Fsp3) is 0.300. The zero-order valence-corrected chi connectivity index (χ0v) is 14.8. The van der Waals surface area contributed by atoms with E-state index in [2.05, 4.69) is 22.9 Å². The van der Waals surface area contributed by atoms with E-state index in [0.717, 1.165) is 35.5 Å². The zero-order valence-electron chi connectivity index (χ0n) is 14.8. The van der Waals surface area contributed by atoms with Crippen molar-refractivity contribution in [2.75, 3.05) is 17.2 Å². The van der Waals surface area contributed by atoms with Crippen LogP contribution in [-0.2, 0) is 22.6 Å². The first-order valence-electron chi connectivity index (χ1n) is 8.53. The molecule has 2 aromatic carbocycles. The summed E-state index contributed by atoms with van der Waals surface area (Å²) < 4.78 is 0. The van der Waals surface area contributed by atoms with Crippen LogP contribution in [-0.4, -0.2) is 18.4 Å². The maximum Gasteiger partial charge on any atom is 0.224 e. The van der Waals surface area contributed by atoms with E-state index in [4.69, 9.17) is 0 Å². The van der Waals surface area contributed by atoms with E-state index in [-0.39, 0.29) is 11.8 Å². The van der Waals surface area contributed by atoms with Crippen molar-refractivity contribution in [1.29, 1.82) is 0 Å². The molecule has 0 radical (unpaired) electrons. The average molecular weight is 339 g/mol. The predicted octanol–water partition coefficient (Wildman–Crippen LogP) is 3.33. The summed E-state index contributed by atoms with van der Waals surface area (Å²) in [6.07, 6.45) is 1.40. The topological polar surface area (TPSA) is 70.2 Å². The molecule has 0 fully saturated rings. The van der Waals surface area contributed by atoms with E-state index in [1.54, 1.807) is 12.1 Å². The number of benzene rings is 2. The van der Waals surface area contributed by atoms with Crippen molar-refractivity contribution in [1.82, 2.24) is 5.32 Å². The number of rotatable bonds is 8. The van der Waals surface area contributed by atoms with Crippen LogP contribution in [0.5, 0.6) is 0 Å². The molecule has 2 aromatic rings. The molecule has 0 unspecified atom stereocenters. The molecule has 0 saturated heterocycles. The summed E-state index contributed by atoms with van der Waals surface area (Å²) in [5.41, 5.74) is 3.80. The lowest BCUT2D eigenvalue weighted by Gasteiger charge is -2.08. The maximum absolute atomic E-state index is 12.1. The van der Waals surface area contributed by atoms with Crippen LogP contribution >= 0.6 is 0 Å². The quantitative estimate of drug-likeness (QED) is 0.691. The number of carbonyl (C=O) groups excluding carboxylic acids is 2. The Morgan fingerprint density at radius 2 is 1.48 bits per heavy atom. The summed E-state index contributed by atoms with van der Waals surface area (Å²) in [4.78, 5) is 23.1. The smallest absolute Gasteiger partial charge is 0.224 e. The summed E-state index contributed by atoms with van der Waals surface area (Å²) in [7, 11) is 0. The van der Waals surface area contributed by atoms with Gasteiger partial charge in [-0.2, -0.15) is 0 Å². The highest BCUT2D eigenvalue weighted by Gasteiger charge is 2.04. The molecule has 0 bridgehead atoms. The van der Waals surface area contributed by atoms with Crippen LogP contribution < -0.4 is 16.0 Å². The fourth-order valence-electron chi connectivity index (χ4n) is 2.37. The Kier molecular flexibility index (Phi) is 7.01. The van der Waals surface area contributed by atoms with Crippen LogP contribution in [0.4, 0.5) is 11.4 Å². The van der Waals surface area contributed by atoms with Gasteiger partial charge in [-0.15, -0.1) is 0 Å². The highest BCUT2D eigenvalue weighted by molar-refractivity contribution is 5.88. The van der Waals surface area contributed by atoms with Crippen molar-refractivity contribution < 1.29 is 9.59 Å². The van der Waals surface area contributed by atoms with Crippen molar-refractivity contribution in [3.63, 3.8) is 0 Å². The second kappa shape index (κ2) is 9.47. The van der Waals surface area contributed by atoms with E-state index < -0.39 is 0 Å². The van der Waals surface area contributed by atoms with Crippen molar-refractivity contribution in [3.8, 4) is 0 Å². The van der Waals surface area contributed by atoms with Crippen LogP contribution in [0.3, 0.4) is 0 Å². The minimum Gasteiger partial charge on any atom is -0.385 e. The van der Waals surface area contributed by atoms with Crippen LogP contribution in [0.15, 0.2) is 48.5 Å². The molecule has 0 atom stereocenters. The standard InChI is InChI=1S/C20H25N3O2/c1-3-12-21-18-8-6-17(7-9-18)14-22-20(25)13-16-4-10-19(11-5-16)23-15(2)24/h4-11,21H,3,12-14H2,1-2H3,(H,22,25)(H,23,24). The Bertz CT molecular complexity index is 694. The van der Waals surface area contributed by atoms with Crippen molar-refractivity contribution in [2.24, 2.45) is 0 Å². The van der Waals surface area contributed by atoms with Gasteiger partial charge in [-0.3, -0.25) is 9.59 Å². The Morgan fingerprint density at radius 3 is 2.08 bits per heavy atom.